The van der Waals surface area contributed by atoms with E-state index in [-0.39, 0.29) is 6.10 Å². The van der Waals surface area contributed by atoms with E-state index in [9.17, 15) is 5.11 Å². The van der Waals surface area contributed by atoms with Gasteiger partial charge in [-0.25, -0.2) is 9.78 Å². The maximum atomic E-state index is 9.34. The van der Waals surface area contributed by atoms with Crippen LogP contribution in [0, 0.1) is 5.92 Å². The van der Waals surface area contributed by atoms with Crippen molar-refractivity contribution < 1.29 is 14.9 Å². The van der Waals surface area contributed by atoms with Crippen LogP contribution < -0.4 is 0 Å². The van der Waals surface area contributed by atoms with E-state index in [0.717, 1.165) is 25.7 Å². The van der Waals surface area contributed by atoms with Gasteiger partial charge in [-0.1, -0.05) is 38.1 Å². The van der Waals surface area contributed by atoms with Crippen LogP contribution in [0.15, 0.2) is 36.4 Å². The lowest BCUT2D eigenvalue weighted by atomic mass is 9.92. The van der Waals surface area contributed by atoms with Crippen molar-refractivity contribution >= 4 is 0 Å². The number of aromatic hydroxyl groups is 1. The van der Waals surface area contributed by atoms with Crippen LogP contribution in [0.4, 0.5) is 0 Å². The van der Waals surface area contributed by atoms with E-state index in [2.05, 4.69) is 26.0 Å². The fraction of sp³-hybridized carbons (Fsp3) is 0.556. The van der Waals surface area contributed by atoms with Crippen LogP contribution in [0.2, 0.25) is 0 Å². The van der Waals surface area contributed by atoms with E-state index in [1.807, 2.05) is 12.1 Å². The summed E-state index contributed by atoms with van der Waals surface area (Å²) in [4.78, 5) is 10.8. The second kappa shape index (κ2) is 8.20. The third kappa shape index (κ3) is 4.87. The van der Waals surface area contributed by atoms with E-state index in [0.29, 0.717) is 24.2 Å². The first-order chi connectivity index (χ1) is 10.2. The Balaban J connectivity index is 1.66. The number of phenolic OH excluding ortho intramolecular Hbond substituents is 1. The molecule has 0 heterocycles. The van der Waals surface area contributed by atoms with Crippen molar-refractivity contribution in [2.45, 2.75) is 51.6 Å². The van der Waals surface area contributed by atoms with E-state index < -0.39 is 0 Å². The SMILES string of the molecule is CCC(CCCOOC1C=CCC1C)c1ccc(O)cc1. The Morgan fingerprint density at radius 2 is 2.05 bits per heavy atom. The first kappa shape index (κ1) is 16.1. The average Bonchev–Trinajstić information content (AvgIpc) is 2.89. The second-order valence-corrected chi connectivity index (χ2v) is 5.86. The summed E-state index contributed by atoms with van der Waals surface area (Å²) >= 11 is 0. The highest BCUT2D eigenvalue weighted by Gasteiger charge is 2.19. The zero-order chi connectivity index (χ0) is 15.1. The highest BCUT2D eigenvalue weighted by molar-refractivity contribution is 5.28. The number of allylic oxidation sites excluding steroid dienone is 1. The van der Waals surface area contributed by atoms with Gasteiger partial charge in [-0.2, -0.15) is 0 Å². The molecule has 0 bridgehead atoms. The summed E-state index contributed by atoms with van der Waals surface area (Å²) in [6.07, 6.45) is 8.56. The summed E-state index contributed by atoms with van der Waals surface area (Å²) in [5.41, 5.74) is 1.28. The third-order valence-corrected chi connectivity index (χ3v) is 4.21. The smallest absolute Gasteiger partial charge is 0.115 e. The molecule has 0 radical (unpaired) electrons. The molecule has 3 nitrogen and oxygen atoms in total. The van der Waals surface area contributed by atoms with Crippen LogP contribution in [0.25, 0.3) is 0 Å². The van der Waals surface area contributed by atoms with E-state index >= 15 is 0 Å². The summed E-state index contributed by atoms with van der Waals surface area (Å²) in [6, 6.07) is 7.52. The van der Waals surface area contributed by atoms with Crippen LogP contribution in [0.1, 0.15) is 51.0 Å². The minimum atomic E-state index is 0.115. The predicted molar refractivity (Wildman–Crippen MR) is 84.1 cm³/mol. The van der Waals surface area contributed by atoms with Crippen molar-refractivity contribution in [1.82, 2.24) is 0 Å². The molecule has 0 spiro atoms. The van der Waals surface area contributed by atoms with Crippen LogP contribution in [0.3, 0.4) is 0 Å². The minimum absolute atomic E-state index is 0.115. The molecule has 3 unspecified atom stereocenters. The summed E-state index contributed by atoms with van der Waals surface area (Å²) in [7, 11) is 0. The molecular weight excluding hydrogens is 264 g/mol. The fourth-order valence-corrected chi connectivity index (χ4v) is 2.75. The molecule has 116 valence electrons. The van der Waals surface area contributed by atoms with Gasteiger partial charge in [0, 0.05) is 0 Å². The van der Waals surface area contributed by atoms with Crippen molar-refractivity contribution in [1.29, 1.82) is 0 Å². The molecule has 3 heteroatoms. The lowest BCUT2D eigenvalue weighted by Crippen LogP contribution is -2.16. The number of phenols is 1. The fourth-order valence-electron chi connectivity index (χ4n) is 2.75. The lowest BCUT2D eigenvalue weighted by Gasteiger charge is -2.17. The molecule has 1 aliphatic carbocycles. The standard InChI is InChI=1S/C18H26O3/c1-3-15(16-9-11-17(19)12-10-16)7-5-13-20-21-18-8-4-6-14(18)2/h4,8-12,14-15,18-19H,3,5-7,13H2,1-2H3. The maximum absolute atomic E-state index is 9.34. The molecular formula is C18H26O3. The molecule has 2 rings (SSSR count). The number of hydrogen-bond acceptors (Lipinski definition) is 3. The molecule has 1 N–H and O–H groups in total. The monoisotopic (exact) mass is 290 g/mol. The van der Waals surface area contributed by atoms with E-state index in [4.69, 9.17) is 9.78 Å². The average molecular weight is 290 g/mol. The van der Waals surface area contributed by atoms with E-state index in [1.165, 1.54) is 5.56 Å². The highest BCUT2D eigenvalue weighted by Crippen LogP contribution is 2.26. The van der Waals surface area contributed by atoms with Gasteiger partial charge in [0.1, 0.15) is 11.9 Å². The molecule has 1 aromatic carbocycles. The first-order valence-corrected chi connectivity index (χ1v) is 7.94. The Kier molecular flexibility index (Phi) is 6.27. The first-order valence-electron chi connectivity index (χ1n) is 7.94. The Morgan fingerprint density at radius 1 is 1.29 bits per heavy atom. The Morgan fingerprint density at radius 3 is 2.67 bits per heavy atom. The van der Waals surface area contributed by atoms with Crippen LogP contribution in [-0.4, -0.2) is 17.8 Å². The van der Waals surface area contributed by atoms with Crippen LogP contribution >= 0.6 is 0 Å². The van der Waals surface area contributed by atoms with Gasteiger partial charge in [0.2, 0.25) is 0 Å². The second-order valence-electron chi connectivity index (χ2n) is 5.86. The van der Waals surface area contributed by atoms with Crippen LogP contribution in [0.5, 0.6) is 5.75 Å². The summed E-state index contributed by atoms with van der Waals surface area (Å²) < 4.78 is 0. The molecule has 0 aliphatic heterocycles. The summed E-state index contributed by atoms with van der Waals surface area (Å²) in [6.45, 7) is 5.00. The van der Waals surface area contributed by atoms with Crippen molar-refractivity contribution in [3.05, 3.63) is 42.0 Å². The van der Waals surface area contributed by atoms with Crippen molar-refractivity contribution in [3.63, 3.8) is 0 Å². The molecule has 1 aliphatic rings. The zero-order valence-corrected chi connectivity index (χ0v) is 13.0. The van der Waals surface area contributed by atoms with Crippen molar-refractivity contribution in [2.75, 3.05) is 6.61 Å². The van der Waals surface area contributed by atoms with Gasteiger partial charge in [0.05, 0.1) is 6.61 Å². The predicted octanol–water partition coefficient (Wildman–Crippen LogP) is 4.58. The van der Waals surface area contributed by atoms with Gasteiger partial charge in [-0.3, -0.25) is 0 Å². The molecule has 1 aromatic rings. The van der Waals surface area contributed by atoms with Gasteiger partial charge in [-0.15, -0.1) is 0 Å². The molecule has 21 heavy (non-hydrogen) atoms. The topological polar surface area (TPSA) is 38.7 Å². The van der Waals surface area contributed by atoms with Crippen molar-refractivity contribution in [3.8, 4) is 5.75 Å². The molecule has 0 saturated heterocycles. The molecule has 3 atom stereocenters. The maximum Gasteiger partial charge on any atom is 0.115 e. The normalized spacial score (nSPS) is 22.6. The van der Waals surface area contributed by atoms with Gasteiger partial charge >= 0.3 is 0 Å². The number of rotatable bonds is 8. The lowest BCUT2D eigenvalue weighted by molar-refractivity contribution is -0.320. The molecule has 0 saturated carbocycles. The van der Waals surface area contributed by atoms with Gasteiger partial charge in [-0.05, 0) is 55.2 Å². The van der Waals surface area contributed by atoms with Gasteiger partial charge < -0.3 is 5.11 Å². The largest absolute Gasteiger partial charge is 0.508 e. The highest BCUT2D eigenvalue weighted by atomic mass is 17.2. The van der Waals surface area contributed by atoms with Crippen molar-refractivity contribution in [2.24, 2.45) is 5.92 Å². The third-order valence-electron chi connectivity index (χ3n) is 4.21. The Labute approximate surface area is 127 Å². The van der Waals surface area contributed by atoms with Gasteiger partial charge in [0.25, 0.3) is 0 Å². The number of hydrogen-bond donors (Lipinski definition) is 1. The van der Waals surface area contributed by atoms with E-state index in [1.54, 1.807) is 12.1 Å². The molecule has 0 aromatic heterocycles. The van der Waals surface area contributed by atoms with Gasteiger partial charge in [0.15, 0.2) is 0 Å². The summed E-state index contributed by atoms with van der Waals surface area (Å²) in [5.74, 6) is 1.36. The zero-order valence-electron chi connectivity index (χ0n) is 13.0. The van der Waals surface area contributed by atoms with Crippen LogP contribution in [-0.2, 0) is 9.78 Å². The summed E-state index contributed by atoms with van der Waals surface area (Å²) in [5, 5.41) is 9.34. The Bertz CT molecular complexity index is 438. The number of benzene rings is 1. The molecule has 0 fully saturated rings. The molecule has 0 amide bonds. The quantitative estimate of drug-likeness (QED) is 0.330. The minimum Gasteiger partial charge on any atom is -0.508 e. The Hall–Kier alpha value is -1.32.